The van der Waals surface area contributed by atoms with Gasteiger partial charge in [-0.2, -0.15) is 4.98 Å². The number of hydrogen-bond acceptors (Lipinski definition) is 4. The molecule has 1 aliphatic heterocycles. The molecule has 0 radical (unpaired) electrons. The summed E-state index contributed by atoms with van der Waals surface area (Å²) in [7, 11) is 0. The van der Waals surface area contributed by atoms with Crippen LogP contribution in [0.4, 0.5) is 6.01 Å². The molecule has 4 nitrogen and oxygen atoms in total. The zero-order valence-electron chi connectivity index (χ0n) is 10.2. The van der Waals surface area contributed by atoms with Crippen LogP contribution in [-0.4, -0.2) is 23.2 Å². The number of rotatable bonds is 2. The average molecular weight is 244 g/mol. The molecule has 0 unspecified atom stereocenters. The third-order valence-electron chi connectivity index (χ3n) is 3.39. The summed E-state index contributed by atoms with van der Waals surface area (Å²) in [5, 5.41) is 9.01. The minimum Gasteiger partial charge on any atom is -0.432 e. The second-order valence-electron chi connectivity index (χ2n) is 4.54. The minimum absolute atomic E-state index is 0.0719. The molecule has 0 aliphatic carbocycles. The number of benzene rings is 1. The second kappa shape index (κ2) is 4.82. The van der Waals surface area contributed by atoms with Gasteiger partial charge < -0.3 is 14.4 Å². The van der Waals surface area contributed by atoms with E-state index in [1.165, 1.54) is 17.4 Å². The normalized spacial score (nSPS) is 15.3. The SMILES string of the molecule is OCc1coc(N2CCc3ccccc3CC2)n1. The van der Waals surface area contributed by atoms with Gasteiger partial charge in [0.05, 0.1) is 6.61 Å². The van der Waals surface area contributed by atoms with E-state index in [4.69, 9.17) is 9.52 Å². The highest BCUT2D eigenvalue weighted by atomic mass is 16.4. The van der Waals surface area contributed by atoms with Crippen LogP contribution >= 0.6 is 0 Å². The molecule has 0 spiro atoms. The van der Waals surface area contributed by atoms with E-state index in [2.05, 4.69) is 34.1 Å². The van der Waals surface area contributed by atoms with Crippen molar-refractivity contribution in [3.05, 3.63) is 47.3 Å². The lowest BCUT2D eigenvalue weighted by atomic mass is 10.0. The summed E-state index contributed by atoms with van der Waals surface area (Å²) >= 11 is 0. The van der Waals surface area contributed by atoms with E-state index in [0.29, 0.717) is 11.7 Å². The number of aliphatic hydroxyl groups is 1. The van der Waals surface area contributed by atoms with E-state index in [-0.39, 0.29) is 6.61 Å². The van der Waals surface area contributed by atoms with E-state index >= 15 is 0 Å². The van der Waals surface area contributed by atoms with Crippen molar-refractivity contribution in [3.63, 3.8) is 0 Å². The molecule has 1 aliphatic rings. The summed E-state index contributed by atoms with van der Waals surface area (Å²) in [6.45, 7) is 1.74. The fourth-order valence-corrected chi connectivity index (χ4v) is 2.37. The predicted octanol–water partition coefficient (Wildman–Crippen LogP) is 1.77. The third-order valence-corrected chi connectivity index (χ3v) is 3.39. The van der Waals surface area contributed by atoms with Crippen LogP contribution in [0.15, 0.2) is 34.9 Å². The standard InChI is InChI=1S/C14H16N2O2/c17-9-13-10-18-14(15-13)16-7-5-11-3-1-2-4-12(11)6-8-16/h1-4,10,17H,5-9H2. The molecule has 0 fully saturated rings. The summed E-state index contributed by atoms with van der Waals surface area (Å²) < 4.78 is 5.40. The molecule has 3 rings (SSSR count). The molecule has 0 saturated heterocycles. The summed E-state index contributed by atoms with van der Waals surface area (Å²) in [4.78, 5) is 6.40. The van der Waals surface area contributed by atoms with Crippen LogP contribution in [0.5, 0.6) is 0 Å². The van der Waals surface area contributed by atoms with Crippen LogP contribution in [0, 0.1) is 0 Å². The van der Waals surface area contributed by atoms with Crippen molar-refractivity contribution in [3.8, 4) is 0 Å². The van der Waals surface area contributed by atoms with Crippen LogP contribution in [0.1, 0.15) is 16.8 Å². The molecule has 0 saturated carbocycles. The van der Waals surface area contributed by atoms with Crippen molar-refractivity contribution < 1.29 is 9.52 Å². The first-order valence-corrected chi connectivity index (χ1v) is 6.24. The second-order valence-corrected chi connectivity index (χ2v) is 4.54. The molecule has 4 heteroatoms. The van der Waals surface area contributed by atoms with Gasteiger partial charge in [0, 0.05) is 13.1 Å². The third kappa shape index (κ3) is 2.11. The van der Waals surface area contributed by atoms with E-state index in [1.54, 1.807) is 0 Å². The van der Waals surface area contributed by atoms with E-state index in [9.17, 15) is 0 Å². The van der Waals surface area contributed by atoms with Crippen molar-refractivity contribution in [2.45, 2.75) is 19.4 Å². The van der Waals surface area contributed by atoms with E-state index in [1.807, 2.05) is 0 Å². The molecule has 2 aromatic rings. The topological polar surface area (TPSA) is 49.5 Å². The highest BCUT2D eigenvalue weighted by molar-refractivity contribution is 5.35. The molecule has 0 amide bonds. The predicted molar refractivity (Wildman–Crippen MR) is 68.5 cm³/mol. The number of anilines is 1. The van der Waals surface area contributed by atoms with Gasteiger partial charge in [0.1, 0.15) is 12.0 Å². The lowest BCUT2D eigenvalue weighted by Crippen LogP contribution is -2.26. The summed E-state index contributed by atoms with van der Waals surface area (Å²) in [6, 6.07) is 9.17. The Kier molecular flexibility index (Phi) is 3.02. The number of aliphatic hydroxyl groups excluding tert-OH is 1. The minimum atomic E-state index is -0.0719. The smallest absolute Gasteiger partial charge is 0.297 e. The Bertz CT molecular complexity index is 509. The van der Waals surface area contributed by atoms with Crippen molar-refractivity contribution in [2.75, 3.05) is 18.0 Å². The first kappa shape index (κ1) is 11.3. The van der Waals surface area contributed by atoms with Gasteiger partial charge in [0.25, 0.3) is 6.01 Å². The molecule has 0 bridgehead atoms. The van der Waals surface area contributed by atoms with Gasteiger partial charge in [-0.05, 0) is 24.0 Å². The molecular formula is C14H16N2O2. The van der Waals surface area contributed by atoms with Gasteiger partial charge in [0.15, 0.2) is 0 Å². The molecule has 2 heterocycles. The number of nitrogens with zero attached hydrogens (tertiary/aromatic N) is 2. The van der Waals surface area contributed by atoms with Crippen LogP contribution < -0.4 is 4.90 Å². The lowest BCUT2D eigenvalue weighted by molar-refractivity contribution is 0.276. The summed E-state index contributed by atoms with van der Waals surface area (Å²) in [5.41, 5.74) is 3.41. The van der Waals surface area contributed by atoms with Crippen LogP contribution in [-0.2, 0) is 19.4 Å². The van der Waals surface area contributed by atoms with Crippen LogP contribution in [0.25, 0.3) is 0 Å². The Labute approximate surface area is 106 Å². The van der Waals surface area contributed by atoms with Gasteiger partial charge in [-0.25, -0.2) is 0 Å². The quantitative estimate of drug-likeness (QED) is 0.874. The van der Waals surface area contributed by atoms with Crippen molar-refractivity contribution >= 4 is 6.01 Å². The highest BCUT2D eigenvalue weighted by Gasteiger charge is 2.17. The molecule has 1 aromatic carbocycles. The number of oxazole rings is 1. The van der Waals surface area contributed by atoms with Gasteiger partial charge in [-0.15, -0.1) is 0 Å². The molecule has 94 valence electrons. The monoisotopic (exact) mass is 244 g/mol. The lowest BCUT2D eigenvalue weighted by Gasteiger charge is -2.17. The molecule has 1 N–H and O–H groups in total. The molecule has 1 aromatic heterocycles. The fourth-order valence-electron chi connectivity index (χ4n) is 2.37. The first-order chi connectivity index (χ1) is 8.86. The van der Waals surface area contributed by atoms with Crippen molar-refractivity contribution in [1.29, 1.82) is 0 Å². The average Bonchev–Trinajstić information content (AvgIpc) is 2.79. The van der Waals surface area contributed by atoms with E-state index < -0.39 is 0 Å². The molecular weight excluding hydrogens is 228 g/mol. The maximum atomic E-state index is 9.01. The summed E-state index contributed by atoms with van der Waals surface area (Å²) in [5.74, 6) is 0. The van der Waals surface area contributed by atoms with Crippen molar-refractivity contribution in [1.82, 2.24) is 4.98 Å². The van der Waals surface area contributed by atoms with Crippen LogP contribution in [0.3, 0.4) is 0 Å². The number of fused-ring (bicyclic) bond motifs is 1. The Morgan fingerprint density at radius 1 is 1.17 bits per heavy atom. The Morgan fingerprint density at radius 2 is 1.83 bits per heavy atom. The maximum absolute atomic E-state index is 9.01. The molecule has 18 heavy (non-hydrogen) atoms. The Morgan fingerprint density at radius 3 is 2.39 bits per heavy atom. The fraction of sp³-hybridized carbons (Fsp3) is 0.357. The van der Waals surface area contributed by atoms with E-state index in [0.717, 1.165) is 25.9 Å². The number of hydrogen-bond donors (Lipinski definition) is 1. The Hall–Kier alpha value is -1.81. The zero-order valence-corrected chi connectivity index (χ0v) is 10.2. The van der Waals surface area contributed by atoms with Crippen molar-refractivity contribution in [2.24, 2.45) is 0 Å². The Balaban J connectivity index is 1.78. The first-order valence-electron chi connectivity index (χ1n) is 6.24. The zero-order chi connectivity index (χ0) is 12.4. The van der Waals surface area contributed by atoms with Gasteiger partial charge in [-0.3, -0.25) is 0 Å². The highest BCUT2D eigenvalue weighted by Crippen LogP contribution is 2.20. The van der Waals surface area contributed by atoms with Gasteiger partial charge in [-0.1, -0.05) is 24.3 Å². The van der Waals surface area contributed by atoms with Gasteiger partial charge in [0.2, 0.25) is 0 Å². The summed E-state index contributed by atoms with van der Waals surface area (Å²) in [6.07, 6.45) is 3.54. The van der Waals surface area contributed by atoms with Crippen LogP contribution in [0.2, 0.25) is 0 Å². The number of aromatic nitrogens is 1. The van der Waals surface area contributed by atoms with Gasteiger partial charge >= 0.3 is 0 Å². The maximum Gasteiger partial charge on any atom is 0.297 e. The largest absolute Gasteiger partial charge is 0.432 e. The molecule has 0 atom stereocenters.